The SMILES string of the molecule is CC(C)Cc1ccc(C(Cl)C(F)(F)C(F)F)cc1. The standard InChI is InChI=1S/C13H15ClF4/c1-8(2)7-9-3-5-10(6-4-9)11(14)13(17,18)12(15)16/h3-6,8,11-12H,7H2,1-2H3. The summed E-state index contributed by atoms with van der Waals surface area (Å²) >= 11 is 5.42. The van der Waals surface area contributed by atoms with Crippen LogP contribution in [0.15, 0.2) is 24.3 Å². The number of hydrogen-bond donors (Lipinski definition) is 0. The molecule has 0 amide bonds. The predicted octanol–water partition coefficient (Wildman–Crippen LogP) is 5.07. The summed E-state index contributed by atoms with van der Waals surface area (Å²) in [6.45, 7) is 4.06. The van der Waals surface area contributed by atoms with Gasteiger partial charge in [0.1, 0.15) is 5.38 Å². The third-order valence-corrected chi connectivity index (χ3v) is 3.09. The van der Waals surface area contributed by atoms with Gasteiger partial charge in [0.05, 0.1) is 0 Å². The van der Waals surface area contributed by atoms with E-state index in [2.05, 4.69) is 0 Å². The van der Waals surface area contributed by atoms with Crippen molar-refractivity contribution in [3.05, 3.63) is 35.4 Å². The van der Waals surface area contributed by atoms with Crippen molar-refractivity contribution in [2.75, 3.05) is 0 Å². The van der Waals surface area contributed by atoms with Gasteiger partial charge >= 0.3 is 12.3 Å². The molecule has 0 N–H and O–H groups in total. The van der Waals surface area contributed by atoms with Crippen molar-refractivity contribution in [1.29, 1.82) is 0 Å². The third-order valence-electron chi connectivity index (χ3n) is 2.55. The highest BCUT2D eigenvalue weighted by Crippen LogP contribution is 2.41. The zero-order valence-corrected chi connectivity index (χ0v) is 10.9. The number of benzene rings is 1. The van der Waals surface area contributed by atoms with E-state index in [-0.39, 0.29) is 5.56 Å². The molecule has 0 aliphatic heterocycles. The van der Waals surface area contributed by atoms with Gasteiger partial charge in [0.25, 0.3) is 0 Å². The second-order valence-electron chi connectivity index (χ2n) is 4.68. The Bertz CT molecular complexity index is 373. The summed E-state index contributed by atoms with van der Waals surface area (Å²) in [6.07, 6.45) is -2.96. The average molecular weight is 283 g/mol. The Hall–Kier alpha value is -0.770. The van der Waals surface area contributed by atoms with Crippen LogP contribution < -0.4 is 0 Å². The van der Waals surface area contributed by atoms with Crippen LogP contribution in [0.4, 0.5) is 17.6 Å². The Morgan fingerprint density at radius 1 is 1.11 bits per heavy atom. The molecule has 18 heavy (non-hydrogen) atoms. The van der Waals surface area contributed by atoms with Gasteiger partial charge in [-0.3, -0.25) is 0 Å². The van der Waals surface area contributed by atoms with E-state index in [4.69, 9.17) is 11.6 Å². The second-order valence-corrected chi connectivity index (χ2v) is 5.11. The highest BCUT2D eigenvalue weighted by Gasteiger charge is 2.48. The summed E-state index contributed by atoms with van der Waals surface area (Å²) < 4.78 is 50.4. The van der Waals surface area contributed by atoms with Gasteiger partial charge in [-0.15, -0.1) is 11.6 Å². The molecular weight excluding hydrogens is 268 g/mol. The predicted molar refractivity (Wildman–Crippen MR) is 64.5 cm³/mol. The normalized spacial score (nSPS) is 14.3. The lowest BCUT2D eigenvalue weighted by Crippen LogP contribution is -2.31. The Morgan fingerprint density at radius 2 is 1.61 bits per heavy atom. The van der Waals surface area contributed by atoms with Crippen molar-refractivity contribution >= 4 is 11.6 Å². The average Bonchev–Trinajstić information content (AvgIpc) is 2.28. The first-order valence-corrected chi connectivity index (χ1v) is 6.07. The van der Waals surface area contributed by atoms with Gasteiger partial charge in [-0.05, 0) is 23.5 Å². The second kappa shape index (κ2) is 5.91. The van der Waals surface area contributed by atoms with Crippen molar-refractivity contribution in [2.45, 2.75) is 38.0 Å². The van der Waals surface area contributed by atoms with Crippen LogP contribution in [0.25, 0.3) is 0 Å². The van der Waals surface area contributed by atoms with Gasteiger partial charge in [-0.1, -0.05) is 38.1 Å². The number of rotatable bonds is 5. The fourth-order valence-corrected chi connectivity index (χ4v) is 1.87. The molecule has 0 aliphatic rings. The molecule has 1 aromatic carbocycles. The van der Waals surface area contributed by atoms with Gasteiger partial charge in [-0.25, -0.2) is 8.78 Å². The lowest BCUT2D eigenvalue weighted by Gasteiger charge is -2.21. The monoisotopic (exact) mass is 282 g/mol. The quantitative estimate of drug-likeness (QED) is 0.523. The van der Waals surface area contributed by atoms with Crippen LogP contribution in [0.3, 0.4) is 0 Å². The Balaban J connectivity index is 2.85. The fraction of sp³-hybridized carbons (Fsp3) is 0.538. The Labute approximate surface area is 109 Å². The summed E-state index contributed by atoms with van der Waals surface area (Å²) in [5, 5.41) is -2.01. The molecule has 0 aliphatic carbocycles. The molecule has 0 spiro atoms. The van der Waals surface area contributed by atoms with Crippen molar-refractivity contribution in [3.8, 4) is 0 Å². The van der Waals surface area contributed by atoms with Gasteiger partial charge < -0.3 is 0 Å². The first-order valence-electron chi connectivity index (χ1n) is 5.64. The molecule has 0 saturated heterocycles. The minimum atomic E-state index is -4.22. The molecule has 5 heteroatoms. The summed E-state index contributed by atoms with van der Waals surface area (Å²) in [5.41, 5.74) is 0.979. The Kier molecular flexibility index (Phi) is 5.02. The summed E-state index contributed by atoms with van der Waals surface area (Å²) in [4.78, 5) is 0. The summed E-state index contributed by atoms with van der Waals surface area (Å²) in [5.74, 6) is -3.79. The van der Waals surface area contributed by atoms with Crippen molar-refractivity contribution < 1.29 is 17.6 Å². The highest BCUT2D eigenvalue weighted by molar-refractivity contribution is 6.21. The molecule has 0 nitrogen and oxygen atoms in total. The molecule has 1 rings (SSSR count). The lowest BCUT2D eigenvalue weighted by atomic mass is 9.99. The maximum atomic E-state index is 13.1. The van der Waals surface area contributed by atoms with E-state index >= 15 is 0 Å². The maximum absolute atomic E-state index is 13.1. The van der Waals surface area contributed by atoms with E-state index < -0.39 is 17.7 Å². The van der Waals surface area contributed by atoms with E-state index in [1.54, 1.807) is 12.1 Å². The zero-order chi connectivity index (χ0) is 13.9. The van der Waals surface area contributed by atoms with E-state index in [1.165, 1.54) is 12.1 Å². The van der Waals surface area contributed by atoms with Crippen molar-refractivity contribution in [1.82, 2.24) is 0 Å². The smallest absolute Gasteiger partial charge is 0.204 e. The Morgan fingerprint density at radius 3 is 2.00 bits per heavy atom. The van der Waals surface area contributed by atoms with Crippen LogP contribution in [-0.2, 0) is 6.42 Å². The van der Waals surface area contributed by atoms with E-state index in [0.29, 0.717) is 5.92 Å². The first-order chi connectivity index (χ1) is 8.25. The van der Waals surface area contributed by atoms with Crippen LogP contribution in [-0.4, -0.2) is 12.3 Å². The number of halogens is 5. The highest BCUT2D eigenvalue weighted by atomic mass is 35.5. The van der Waals surface area contributed by atoms with Crippen LogP contribution in [0.5, 0.6) is 0 Å². The molecule has 1 unspecified atom stereocenters. The molecule has 0 radical (unpaired) electrons. The molecule has 1 atom stereocenters. The maximum Gasteiger partial charge on any atom is 0.327 e. The van der Waals surface area contributed by atoms with Gasteiger partial charge in [0.15, 0.2) is 0 Å². The minimum Gasteiger partial charge on any atom is -0.204 e. The van der Waals surface area contributed by atoms with Crippen molar-refractivity contribution in [3.63, 3.8) is 0 Å². The van der Waals surface area contributed by atoms with E-state index in [0.717, 1.165) is 12.0 Å². The van der Waals surface area contributed by atoms with Gasteiger partial charge in [0, 0.05) is 0 Å². The fourth-order valence-electron chi connectivity index (χ4n) is 1.63. The number of alkyl halides is 5. The van der Waals surface area contributed by atoms with Gasteiger partial charge in [-0.2, -0.15) is 8.78 Å². The molecule has 0 aromatic heterocycles. The number of hydrogen-bond acceptors (Lipinski definition) is 0. The van der Waals surface area contributed by atoms with Crippen LogP contribution in [0.2, 0.25) is 0 Å². The zero-order valence-electron chi connectivity index (χ0n) is 10.1. The molecule has 0 bridgehead atoms. The van der Waals surface area contributed by atoms with Crippen molar-refractivity contribution in [2.24, 2.45) is 5.92 Å². The summed E-state index contributed by atoms with van der Waals surface area (Å²) in [6, 6.07) is 6.05. The van der Waals surface area contributed by atoms with Crippen LogP contribution in [0, 0.1) is 5.92 Å². The molecule has 1 aromatic rings. The summed E-state index contributed by atoms with van der Waals surface area (Å²) in [7, 11) is 0. The third kappa shape index (κ3) is 3.61. The minimum absolute atomic E-state index is 0.00877. The molecular formula is C13H15ClF4. The molecule has 0 heterocycles. The van der Waals surface area contributed by atoms with Crippen LogP contribution in [0.1, 0.15) is 30.4 Å². The first kappa shape index (κ1) is 15.3. The van der Waals surface area contributed by atoms with E-state index in [1.807, 2.05) is 13.8 Å². The van der Waals surface area contributed by atoms with Gasteiger partial charge in [0.2, 0.25) is 0 Å². The largest absolute Gasteiger partial charge is 0.327 e. The van der Waals surface area contributed by atoms with Crippen LogP contribution >= 0.6 is 11.6 Å². The van der Waals surface area contributed by atoms with E-state index in [9.17, 15) is 17.6 Å². The molecule has 102 valence electrons. The molecule has 0 saturated carbocycles. The lowest BCUT2D eigenvalue weighted by molar-refractivity contribution is -0.130. The molecule has 0 fully saturated rings. The topological polar surface area (TPSA) is 0 Å².